The first kappa shape index (κ1) is 22.6. The molecule has 2 N–H and O–H groups in total. The van der Waals surface area contributed by atoms with Gasteiger partial charge in [-0.3, -0.25) is 4.57 Å². The Bertz CT molecular complexity index is 687. The average Bonchev–Trinajstić information content (AvgIpc) is 3.40. The van der Waals surface area contributed by atoms with E-state index in [1.54, 1.807) is 12.5 Å². The molecule has 2 aromatic heterocycles. The molecule has 154 valence electrons. The smallest absolute Gasteiger partial charge is 0.191 e. The molecular weight excluding hydrogens is 471 g/mol. The molecule has 3 heterocycles. The van der Waals surface area contributed by atoms with Gasteiger partial charge in [-0.2, -0.15) is 0 Å². The quantitative estimate of drug-likeness (QED) is 0.238. The standard InChI is InChI=1S/C19H28N6O2.HI/c1-2-21-19(22-7-3-10-27-17-6-11-26-14-17)24-13-16-4-5-18(23-12-16)25-9-8-20-15-25;/h4-5,8-9,12,15,17H,2-3,6-7,10-11,13-14H2,1H3,(H2,21,22,24);1H. The Morgan fingerprint density at radius 1 is 1.39 bits per heavy atom. The maximum atomic E-state index is 5.78. The summed E-state index contributed by atoms with van der Waals surface area (Å²) < 4.78 is 13.0. The van der Waals surface area contributed by atoms with Gasteiger partial charge in [-0.05, 0) is 31.4 Å². The van der Waals surface area contributed by atoms with Crippen LogP contribution in [0.2, 0.25) is 0 Å². The third-order valence-corrected chi connectivity index (χ3v) is 4.20. The number of nitrogens with one attached hydrogen (secondary N) is 2. The second kappa shape index (κ2) is 12.7. The lowest BCUT2D eigenvalue weighted by molar-refractivity contribution is 0.0420. The van der Waals surface area contributed by atoms with Gasteiger partial charge in [0.05, 0.1) is 19.3 Å². The second-order valence-electron chi connectivity index (χ2n) is 6.33. The van der Waals surface area contributed by atoms with Crippen molar-refractivity contribution in [1.82, 2.24) is 25.2 Å². The van der Waals surface area contributed by atoms with E-state index in [1.165, 1.54) is 0 Å². The lowest BCUT2D eigenvalue weighted by Gasteiger charge is -2.13. The average molecular weight is 500 g/mol. The summed E-state index contributed by atoms with van der Waals surface area (Å²) in [7, 11) is 0. The number of hydrogen-bond donors (Lipinski definition) is 2. The van der Waals surface area contributed by atoms with Gasteiger partial charge in [0.15, 0.2) is 5.96 Å². The molecule has 8 nitrogen and oxygen atoms in total. The highest BCUT2D eigenvalue weighted by Crippen LogP contribution is 2.08. The Morgan fingerprint density at radius 2 is 2.32 bits per heavy atom. The van der Waals surface area contributed by atoms with Crippen molar-refractivity contribution in [3.8, 4) is 5.82 Å². The van der Waals surface area contributed by atoms with E-state index >= 15 is 0 Å². The van der Waals surface area contributed by atoms with Gasteiger partial charge in [0.1, 0.15) is 12.1 Å². The fourth-order valence-corrected chi connectivity index (χ4v) is 2.74. The molecular formula is C19H29IN6O2. The van der Waals surface area contributed by atoms with Gasteiger partial charge < -0.3 is 20.1 Å². The summed E-state index contributed by atoms with van der Waals surface area (Å²) in [5.41, 5.74) is 1.06. The van der Waals surface area contributed by atoms with Gasteiger partial charge in [0.2, 0.25) is 0 Å². The molecule has 1 aliphatic heterocycles. The van der Waals surface area contributed by atoms with Crippen LogP contribution in [0.15, 0.2) is 42.0 Å². The highest BCUT2D eigenvalue weighted by molar-refractivity contribution is 14.0. The van der Waals surface area contributed by atoms with Crippen molar-refractivity contribution in [2.75, 3.05) is 32.9 Å². The second-order valence-corrected chi connectivity index (χ2v) is 6.33. The molecule has 9 heteroatoms. The van der Waals surface area contributed by atoms with Crippen LogP contribution in [0.4, 0.5) is 0 Å². The summed E-state index contributed by atoms with van der Waals surface area (Å²) in [6, 6.07) is 4.00. The summed E-state index contributed by atoms with van der Waals surface area (Å²) in [5, 5.41) is 6.61. The Kier molecular flexibility index (Phi) is 10.2. The van der Waals surface area contributed by atoms with Crippen molar-refractivity contribution in [3.63, 3.8) is 0 Å². The molecule has 1 unspecified atom stereocenters. The molecule has 3 rings (SSSR count). The molecule has 2 aromatic rings. The minimum absolute atomic E-state index is 0. The van der Waals surface area contributed by atoms with E-state index in [2.05, 4.69) is 32.5 Å². The molecule has 0 spiro atoms. The van der Waals surface area contributed by atoms with Gasteiger partial charge in [-0.1, -0.05) is 6.07 Å². The van der Waals surface area contributed by atoms with Crippen LogP contribution in [-0.4, -0.2) is 59.5 Å². The molecule has 0 amide bonds. The van der Waals surface area contributed by atoms with Crippen molar-refractivity contribution < 1.29 is 9.47 Å². The molecule has 1 saturated heterocycles. The summed E-state index contributed by atoms with van der Waals surface area (Å²) in [5.74, 6) is 1.65. The van der Waals surface area contributed by atoms with Crippen LogP contribution >= 0.6 is 24.0 Å². The van der Waals surface area contributed by atoms with Gasteiger partial charge in [0, 0.05) is 44.9 Å². The van der Waals surface area contributed by atoms with Crippen LogP contribution in [0.3, 0.4) is 0 Å². The number of imidazole rings is 1. The van der Waals surface area contributed by atoms with Gasteiger partial charge in [-0.25, -0.2) is 15.0 Å². The third-order valence-electron chi connectivity index (χ3n) is 4.20. The van der Waals surface area contributed by atoms with Gasteiger partial charge in [-0.15, -0.1) is 24.0 Å². The Labute approximate surface area is 183 Å². The Morgan fingerprint density at radius 3 is 3.00 bits per heavy atom. The first-order chi connectivity index (χ1) is 13.3. The lowest BCUT2D eigenvalue weighted by atomic mass is 10.3. The molecule has 0 bridgehead atoms. The zero-order valence-corrected chi connectivity index (χ0v) is 18.5. The fourth-order valence-electron chi connectivity index (χ4n) is 2.74. The normalized spacial score (nSPS) is 16.6. The van der Waals surface area contributed by atoms with Crippen LogP contribution < -0.4 is 10.6 Å². The van der Waals surface area contributed by atoms with Crippen LogP contribution in [0, 0.1) is 0 Å². The third kappa shape index (κ3) is 7.36. The lowest BCUT2D eigenvalue weighted by Crippen LogP contribution is -2.38. The highest BCUT2D eigenvalue weighted by atomic mass is 127. The maximum Gasteiger partial charge on any atom is 0.191 e. The van der Waals surface area contributed by atoms with Crippen molar-refractivity contribution in [1.29, 1.82) is 0 Å². The van der Waals surface area contributed by atoms with Crippen LogP contribution in [0.1, 0.15) is 25.3 Å². The zero-order chi connectivity index (χ0) is 18.7. The van der Waals surface area contributed by atoms with Crippen LogP contribution in [0.25, 0.3) is 5.82 Å². The molecule has 0 radical (unpaired) electrons. The molecule has 0 aromatic carbocycles. The van der Waals surface area contributed by atoms with Crippen LogP contribution in [-0.2, 0) is 16.0 Å². The van der Waals surface area contributed by atoms with Crippen molar-refractivity contribution in [2.45, 2.75) is 32.4 Å². The number of aromatic nitrogens is 3. The molecule has 1 fully saturated rings. The Balaban J connectivity index is 0.00000280. The molecule has 0 saturated carbocycles. The predicted molar refractivity (Wildman–Crippen MR) is 119 cm³/mol. The van der Waals surface area contributed by atoms with E-state index < -0.39 is 0 Å². The van der Waals surface area contributed by atoms with Crippen molar-refractivity contribution in [2.24, 2.45) is 4.99 Å². The van der Waals surface area contributed by atoms with E-state index in [1.807, 2.05) is 29.1 Å². The van der Waals surface area contributed by atoms with Gasteiger partial charge >= 0.3 is 0 Å². The Hall–Kier alpha value is -1.72. The first-order valence-electron chi connectivity index (χ1n) is 9.50. The van der Waals surface area contributed by atoms with Crippen molar-refractivity contribution in [3.05, 3.63) is 42.6 Å². The summed E-state index contributed by atoms with van der Waals surface area (Å²) in [6.45, 7) is 6.55. The minimum atomic E-state index is 0. The number of pyridine rings is 1. The number of aliphatic imine (C=N–C) groups is 1. The monoisotopic (exact) mass is 500 g/mol. The summed E-state index contributed by atoms with van der Waals surface area (Å²) >= 11 is 0. The number of nitrogens with zero attached hydrogens (tertiary/aromatic N) is 4. The van der Waals surface area contributed by atoms with E-state index in [4.69, 9.17) is 9.47 Å². The molecule has 1 aliphatic rings. The predicted octanol–water partition coefficient (Wildman–Crippen LogP) is 2.14. The SMILES string of the molecule is CCNC(=NCc1ccc(-n2ccnc2)nc1)NCCCOC1CCOC1.I. The first-order valence-corrected chi connectivity index (χ1v) is 9.50. The topological polar surface area (TPSA) is 85.6 Å². The maximum absolute atomic E-state index is 5.78. The number of ether oxygens (including phenoxy) is 2. The van der Waals surface area contributed by atoms with E-state index in [0.717, 1.165) is 63.1 Å². The largest absolute Gasteiger partial charge is 0.379 e. The summed E-state index contributed by atoms with van der Waals surface area (Å²) in [6.07, 6.45) is 9.39. The molecule has 1 atom stereocenters. The van der Waals surface area contributed by atoms with E-state index in [9.17, 15) is 0 Å². The minimum Gasteiger partial charge on any atom is -0.379 e. The zero-order valence-electron chi connectivity index (χ0n) is 16.2. The van der Waals surface area contributed by atoms with Gasteiger partial charge in [0.25, 0.3) is 0 Å². The van der Waals surface area contributed by atoms with Crippen molar-refractivity contribution >= 4 is 29.9 Å². The number of halogens is 1. The number of rotatable bonds is 9. The molecule has 28 heavy (non-hydrogen) atoms. The fraction of sp³-hybridized carbons (Fsp3) is 0.526. The highest BCUT2D eigenvalue weighted by Gasteiger charge is 2.15. The van der Waals surface area contributed by atoms with Crippen LogP contribution in [0.5, 0.6) is 0 Å². The number of hydrogen-bond acceptors (Lipinski definition) is 5. The van der Waals surface area contributed by atoms with E-state index in [-0.39, 0.29) is 30.1 Å². The molecule has 0 aliphatic carbocycles. The number of guanidine groups is 1. The van der Waals surface area contributed by atoms with E-state index in [0.29, 0.717) is 6.54 Å². The summed E-state index contributed by atoms with van der Waals surface area (Å²) in [4.78, 5) is 13.1.